The zero-order chi connectivity index (χ0) is 23.4. The minimum atomic E-state index is -1.58. The van der Waals surface area contributed by atoms with Gasteiger partial charge in [-0.2, -0.15) is 0 Å². The lowest BCUT2D eigenvalue weighted by Crippen LogP contribution is -2.60. The van der Waals surface area contributed by atoms with Crippen LogP contribution >= 0.6 is 0 Å². The normalized spacial score (nSPS) is 37.9. The van der Waals surface area contributed by atoms with Crippen molar-refractivity contribution in [3.63, 3.8) is 0 Å². The third-order valence-electron chi connectivity index (χ3n) is 5.46. The predicted molar refractivity (Wildman–Crippen MR) is 105 cm³/mol. The minimum Gasteiger partial charge on any atom is -0.504 e. The first kappa shape index (κ1) is 25.1. The van der Waals surface area contributed by atoms with Crippen molar-refractivity contribution in [2.24, 2.45) is 0 Å². The second-order valence-electron chi connectivity index (χ2n) is 7.73. The van der Waals surface area contributed by atoms with Crippen molar-refractivity contribution in [1.82, 2.24) is 0 Å². The zero-order valence-corrected chi connectivity index (χ0v) is 17.4. The molecule has 0 spiro atoms. The van der Waals surface area contributed by atoms with E-state index in [1.165, 1.54) is 13.2 Å². The molecule has 0 aliphatic carbocycles. The summed E-state index contributed by atoms with van der Waals surface area (Å²) in [4.78, 5) is 0. The fourth-order valence-corrected chi connectivity index (χ4v) is 3.48. The second kappa shape index (κ2) is 11.0. The van der Waals surface area contributed by atoms with Crippen molar-refractivity contribution in [3.8, 4) is 11.5 Å². The van der Waals surface area contributed by atoms with E-state index in [0.29, 0.717) is 12.2 Å². The Hall–Kier alpha value is -1.58. The Morgan fingerprint density at radius 1 is 0.906 bits per heavy atom. The first-order valence-corrected chi connectivity index (χ1v) is 10.2. The number of ether oxygens (including phenoxy) is 5. The number of hydrogen-bond donors (Lipinski definition) is 7. The van der Waals surface area contributed by atoms with Gasteiger partial charge in [-0.05, 0) is 24.1 Å². The molecule has 182 valence electrons. The molecule has 0 radical (unpaired) electrons. The third kappa shape index (κ3) is 5.66. The molecule has 0 aromatic heterocycles. The van der Waals surface area contributed by atoms with Gasteiger partial charge in [-0.25, -0.2) is 0 Å². The minimum absolute atomic E-state index is 0.00255. The summed E-state index contributed by atoms with van der Waals surface area (Å²) in [6, 6.07) is 4.79. The van der Waals surface area contributed by atoms with Crippen LogP contribution in [0.4, 0.5) is 0 Å². The van der Waals surface area contributed by atoms with E-state index in [-0.39, 0.29) is 25.6 Å². The van der Waals surface area contributed by atoms with Gasteiger partial charge in [0.2, 0.25) is 0 Å². The number of aliphatic hydroxyl groups is 6. The fourth-order valence-electron chi connectivity index (χ4n) is 3.48. The van der Waals surface area contributed by atoms with Crippen LogP contribution in [0.15, 0.2) is 18.2 Å². The summed E-state index contributed by atoms with van der Waals surface area (Å²) < 4.78 is 26.6. The predicted octanol–water partition coefficient (Wildman–Crippen LogP) is -2.78. The summed E-state index contributed by atoms with van der Waals surface area (Å²) in [6.45, 7) is -0.531. The van der Waals surface area contributed by atoms with Crippen molar-refractivity contribution < 1.29 is 59.4 Å². The number of phenols is 1. The lowest BCUT2D eigenvalue weighted by Gasteiger charge is -2.41. The lowest BCUT2D eigenvalue weighted by molar-refractivity contribution is -0.320. The molecule has 12 nitrogen and oxygen atoms in total. The van der Waals surface area contributed by atoms with E-state index < -0.39 is 55.3 Å². The summed E-state index contributed by atoms with van der Waals surface area (Å²) in [6.07, 6.45) is -12.2. The SMILES string of the molecule is COc1cc(CCO[C@@H]2O[C@H](CO[C@@H]3OC[C@H](O)[C@H](O)[C@H]3O)[C@@H](O)[C@H](O)[C@H]2O)ccc1O. The van der Waals surface area contributed by atoms with Crippen molar-refractivity contribution in [3.05, 3.63) is 23.8 Å². The molecule has 2 saturated heterocycles. The number of aromatic hydroxyl groups is 1. The maximum absolute atomic E-state index is 10.2. The van der Waals surface area contributed by atoms with Gasteiger partial charge in [-0.3, -0.25) is 0 Å². The van der Waals surface area contributed by atoms with Crippen molar-refractivity contribution in [1.29, 1.82) is 0 Å². The molecule has 2 aliphatic rings. The standard InChI is InChI=1S/C20H30O12/c1-28-12-6-9(2-3-10(12)21)4-5-29-20-18(27)16(25)15(24)13(32-20)8-31-19-17(26)14(23)11(22)7-30-19/h2-3,6,11,13-27H,4-5,7-8H2,1H3/t11-,13+,14-,15+,16-,17+,18+,19-,20+/m0/s1. The number of benzene rings is 1. The van der Waals surface area contributed by atoms with Crippen LogP contribution in [-0.4, -0.2) is 118 Å². The fraction of sp³-hybridized carbons (Fsp3) is 0.700. The smallest absolute Gasteiger partial charge is 0.186 e. The van der Waals surface area contributed by atoms with Gasteiger partial charge in [0.1, 0.15) is 42.7 Å². The van der Waals surface area contributed by atoms with Crippen LogP contribution in [0, 0.1) is 0 Å². The molecule has 32 heavy (non-hydrogen) atoms. The molecule has 12 heteroatoms. The third-order valence-corrected chi connectivity index (χ3v) is 5.46. The summed E-state index contributed by atoms with van der Waals surface area (Å²) in [5.41, 5.74) is 0.787. The Bertz CT molecular complexity index is 733. The number of rotatable bonds is 8. The van der Waals surface area contributed by atoms with Crippen molar-refractivity contribution in [2.75, 3.05) is 26.9 Å². The Labute approximate surface area is 184 Å². The quantitative estimate of drug-likeness (QED) is 0.211. The highest BCUT2D eigenvalue weighted by Gasteiger charge is 2.45. The van der Waals surface area contributed by atoms with Gasteiger partial charge in [-0.1, -0.05) is 6.07 Å². The van der Waals surface area contributed by atoms with E-state index in [1.807, 2.05) is 0 Å². The molecule has 7 N–H and O–H groups in total. The molecule has 3 rings (SSSR count). The molecule has 0 bridgehead atoms. The molecular weight excluding hydrogens is 432 g/mol. The maximum atomic E-state index is 10.2. The first-order valence-electron chi connectivity index (χ1n) is 10.2. The van der Waals surface area contributed by atoms with Gasteiger partial charge < -0.3 is 59.4 Å². The number of methoxy groups -OCH3 is 1. The monoisotopic (exact) mass is 462 g/mol. The molecule has 9 atom stereocenters. The summed E-state index contributed by atoms with van der Waals surface area (Å²) in [5, 5.41) is 69.3. The van der Waals surface area contributed by atoms with Gasteiger partial charge in [0, 0.05) is 0 Å². The molecule has 1 aromatic rings. The van der Waals surface area contributed by atoms with Crippen LogP contribution in [0.1, 0.15) is 5.56 Å². The van der Waals surface area contributed by atoms with Gasteiger partial charge in [0.25, 0.3) is 0 Å². The van der Waals surface area contributed by atoms with Crippen LogP contribution in [0.25, 0.3) is 0 Å². The average molecular weight is 462 g/mol. The van der Waals surface area contributed by atoms with E-state index in [9.17, 15) is 35.7 Å². The van der Waals surface area contributed by atoms with E-state index in [2.05, 4.69) is 0 Å². The Kier molecular flexibility index (Phi) is 8.63. The Balaban J connectivity index is 1.53. The molecule has 0 amide bonds. The highest BCUT2D eigenvalue weighted by atomic mass is 16.7. The first-order chi connectivity index (χ1) is 15.2. The highest BCUT2D eigenvalue weighted by molar-refractivity contribution is 5.41. The van der Waals surface area contributed by atoms with E-state index >= 15 is 0 Å². The molecule has 0 unspecified atom stereocenters. The van der Waals surface area contributed by atoms with Gasteiger partial charge in [-0.15, -0.1) is 0 Å². The number of phenolic OH excluding ortho intramolecular Hbond substituents is 1. The number of aliphatic hydroxyl groups excluding tert-OH is 6. The van der Waals surface area contributed by atoms with E-state index in [1.54, 1.807) is 12.1 Å². The molecule has 1 aromatic carbocycles. The van der Waals surface area contributed by atoms with Gasteiger partial charge >= 0.3 is 0 Å². The second-order valence-corrected chi connectivity index (χ2v) is 7.73. The van der Waals surface area contributed by atoms with E-state index in [4.69, 9.17) is 23.7 Å². The van der Waals surface area contributed by atoms with Crippen molar-refractivity contribution in [2.45, 2.75) is 61.7 Å². The summed E-state index contributed by atoms with van der Waals surface area (Å²) in [5.74, 6) is 0.300. The van der Waals surface area contributed by atoms with E-state index in [0.717, 1.165) is 5.56 Å². The Morgan fingerprint density at radius 2 is 1.62 bits per heavy atom. The Morgan fingerprint density at radius 3 is 2.34 bits per heavy atom. The maximum Gasteiger partial charge on any atom is 0.186 e. The summed E-state index contributed by atoms with van der Waals surface area (Å²) in [7, 11) is 1.43. The molecule has 2 fully saturated rings. The van der Waals surface area contributed by atoms with Crippen LogP contribution in [0.2, 0.25) is 0 Å². The van der Waals surface area contributed by atoms with Crippen LogP contribution in [-0.2, 0) is 25.4 Å². The van der Waals surface area contributed by atoms with Gasteiger partial charge in [0.15, 0.2) is 24.1 Å². The average Bonchev–Trinajstić information content (AvgIpc) is 2.78. The van der Waals surface area contributed by atoms with Gasteiger partial charge in [0.05, 0.1) is 26.9 Å². The van der Waals surface area contributed by atoms with Crippen LogP contribution in [0.5, 0.6) is 11.5 Å². The molecule has 2 heterocycles. The molecule has 0 saturated carbocycles. The lowest BCUT2D eigenvalue weighted by atomic mass is 9.99. The van der Waals surface area contributed by atoms with Crippen molar-refractivity contribution >= 4 is 0 Å². The highest BCUT2D eigenvalue weighted by Crippen LogP contribution is 2.27. The zero-order valence-electron chi connectivity index (χ0n) is 17.4. The molecule has 2 aliphatic heterocycles. The molecular formula is C20H30O12. The topological polar surface area (TPSA) is 188 Å². The van der Waals surface area contributed by atoms with Crippen LogP contribution in [0.3, 0.4) is 0 Å². The van der Waals surface area contributed by atoms with Crippen LogP contribution < -0.4 is 4.74 Å². The number of hydrogen-bond acceptors (Lipinski definition) is 12. The largest absolute Gasteiger partial charge is 0.504 e. The summed E-state index contributed by atoms with van der Waals surface area (Å²) >= 11 is 0.